The number of likely N-dealkylation sites (tertiary alicyclic amines) is 1. The molecule has 0 spiro atoms. The molecule has 0 unspecified atom stereocenters. The molecule has 8 heteroatoms. The van der Waals surface area contributed by atoms with Crippen molar-refractivity contribution in [3.05, 3.63) is 30.0 Å². The Kier molecular flexibility index (Phi) is 6.32. The van der Waals surface area contributed by atoms with Crippen molar-refractivity contribution in [2.24, 2.45) is 5.92 Å². The van der Waals surface area contributed by atoms with Gasteiger partial charge in [0, 0.05) is 36.8 Å². The van der Waals surface area contributed by atoms with Gasteiger partial charge in [-0.2, -0.15) is 0 Å². The molecular formula is C22H31N5O3. The zero-order valence-electron chi connectivity index (χ0n) is 17.6. The number of rotatable bonds is 6. The summed E-state index contributed by atoms with van der Waals surface area (Å²) in [5.41, 5.74) is 1.88. The number of nitrogens with zero attached hydrogens (tertiary/aromatic N) is 4. The van der Waals surface area contributed by atoms with Crippen molar-refractivity contribution in [3.63, 3.8) is 0 Å². The molecule has 1 aliphatic carbocycles. The van der Waals surface area contributed by atoms with Gasteiger partial charge in [-0.1, -0.05) is 19.8 Å². The van der Waals surface area contributed by atoms with E-state index in [9.17, 15) is 14.7 Å². The van der Waals surface area contributed by atoms with Crippen LogP contribution in [0.1, 0.15) is 74.0 Å². The normalized spacial score (nSPS) is 19.3. The number of aromatic nitrogens is 3. The monoisotopic (exact) mass is 413 g/mol. The van der Waals surface area contributed by atoms with E-state index in [1.807, 2.05) is 22.3 Å². The fourth-order valence-corrected chi connectivity index (χ4v) is 4.77. The third-order valence-corrected chi connectivity index (χ3v) is 6.66. The van der Waals surface area contributed by atoms with Crippen LogP contribution in [0.3, 0.4) is 0 Å². The summed E-state index contributed by atoms with van der Waals surface area (Å²) in [5.74, 6) is 0.547. The molecule has 30 heavy (non-hydrogen) atoms. The minimum absolute atomic E-state index is 0.106. The Bertz CT molecular complexity index is 893. The van der Waals surface area contributed by atoms with Gasteiger partial charge in [0.15, 0.2) is 11.3 Å². The lowest BCUT2D eigenvalue weighted by Gasteiger charge is -2.34. The average molecular weight is 414 g/mol. The Morgan fingerprint density at radius 1 is 1.20 bits per heavy atom. The number of imidazole rings is 1. The van der Waals surface area contributed by atoms with Gasteiger partial charge in [-0.3, -0.25) is 14.0 Å². The lowest BCUT2D eigenvalue weighted by atomic mass is 9.92. The van der Waals surface area contributed by atoms with Gasteiger partial charge in [0.25, 0.3) is 5.91 Å². The summed E-state index contributed by atoms with van der Waals surface area (Å²) in [6, 6.07) is 1.69. The highest BCUT2D eigenvalue weighted by atomic mass is 16.3. The number of aliphatic hydroxyl groups excluding tert-OH is 1. The van der Waals surface area contributed by atoms with Crippen LogP contribution < -0.4 is 5.32 Å². The third-order valence-electron chi connectivity index (χ3n) is 6.66. The lowest BCUT2D eigenvalue weighted by molar-refractivity contribution is -0.136. The Morgan fingerprint density at radius 2 is 1.93 bits per heavy atom. The van der Waals surface area contributed by atoms with E-state index in [0.29, 0.717) is 23.9 Å². The van der Waals surface area contributed by atoms with Crippen molar-refractivity contribution in [2.45, 2.75) is 63.8 Å². The third kappa shape index (κ3) is 4.05. The van der Waals surface area contributed by atoms with E-state index in [-0.39, 0.29) is 30.2 Å². The van der Waals surface area contributed by atoms with E-state index in [4.69, 9.17) is 0 Å². The number of amides is 2. The highest BCUT2D eigenvalue weighted by molar-refractivity contribution is 5.98. The second-order valence-electron chi connectivity index (χ2n) is 8.50. The van der Waals surface area contributed by atoms with Crippen LogP contribution in [0.5, 0.6) is 0 Å². The minimum Gasteiger partial charge on any atom is -0.394 e. The molecule has 2 aliphatic rings. The predicted molar refractivity (Wildman–Crippen MR) is 112 cm³/mol. The van der Waals surface area contributed by atoms with E-state index < -0.39 is 0 Å². The molecule has 1 atom stereocenters. The van der Waals surface area contributed by atoms with Gasteiger partial charge in [-0.15, -0.1) is 0 Å². The molecule has 0 radical (unpaired) electrons. The van der Waals surface area contributed by atoms with Crippen LogP contribution >= 0.6 is 0 Å². The summed E-state index contributed by atoms with van der Waals surface area (Å²) in [4.78, 5) is 36.0. The average Bonchev–Trinajstić information content (AvgIpc) is 3.47. The summed E-state index contributed by atoms with van der Waals surface area (Å²) >= 11 is 0. The van der Waals surface area contributed by atoms with E-state index in [1.54, 1.807) is 12.5 Å². The fraction of sp³-hybridized carbons (Fsp3) is 0.636. The maximum atomic E-state index is 12.7. The Balaban J connectivity index is 1.47. The van der Waals surface area contributed by atoms with Crippen molar-refractivity contribution in [2.75, 3.05) is 19.7 Å². The van der Waals surface area contributed by atoms with Gasteiger partial charge in [0.2, 0.25) is 5.91 Å². The van der Waals surface area contributed by atoms with Crippen molar-refractivity contribution < 1.29 is 14.7 Å². The maximum absolute atomic E-state index is 12.7. The van der Waals surface area contributed by atoms with Crippen LogP contribution in [0, 0.1) is 5.92 Å². The van der Waals surface area contributed by atoms with Crippen molar-refractivity contribution in [1.82, 2.24) is 24.6 Å². The largest absolute Gasteiger partial charge is 0.394 e. The quantitative estimate of drug-likeness (QED) is 0.756. The molecule has 0 aromatic carbocycles. The summed E-state index contributed by atoms with van der Waals surface area (Å²) in [7, 11) is 0. The van der Waals surface area contributed by atoms with Gasteiger partial charge in [0.05, 0.1) is 12.6 Å². The SMILES string of the molecule is CC[C@@H](CO)NC(=O)c1ncn2c(C3CCN(C(=O)C4CCCC4)CC3)ccnc12. The smallest absolute Gasteiger partial charge is 0.274 e. The van der Waals surface area contributed by atoms with Crippen LogP contribution in [0.25, 0.3) is 5.65 Å². The first-order valence-electron chi connectivity index (χ1n) is 11.1. The van der Waals surface area contributed by atoms with Gasteiger partial charge >= 0.3 is 0 Å². The second-order valence-corrected chi connectivity index (χ2v) is 8.50. The molecule has 0 bridgehead atoms. The number of aliphatic hydroxyl groups is 1. The number of piperidine rings is 1. The van der Waals surface area contributed by atoms with E-state index in [1.165, 1.54) is 12.8 Å². The number of hydrogen-bond acceptors (Lipinski definition) is 5. The molecule has 2 aromatic rings. The van der Waals surface area contributed by atoms with Crippen LogP contribution in [0.2, 0.25) is 0 Å². The molecule has 2 N–H and O–H groups in total. The molecule has 8 nitrogen and oxygen atoms in total. The molecule has 1 saturated heterocycles. The van der Waals surface area contributed by atoms with E-state index >= 15 is 0 Å². The number of hydrogen-bond donors (Lipinski definition) is 2. The lowest BCUT2D eigenvalue weighted by Crippen LogP contribution is -2.41. The number of carbonyl (C=O) groups excluding carboxylic acids is 2. The molecular weight excluding hydrogens is 382 g/mol. The Labute approximate surface area is 176 Å². The first kappa shape index (κ1) is 20.8. The highest BCUT2D eigenvalue weighted by Gasteiger charge is 2.31. The topological polar surface area (TPSA) is 99.8 Å². The molecule has 2 amide bonds. The minimum atomic E-state index is -0.319. The second kappa shape index (κ2) is 9.12. The standard InChI is InChI=1S/C22H31N5O3/c1-2-17(13-28)25-21(29)19-20-23-10-7-18(27(20)14-24-19)15-8-11-26(12-9-15)22(30)16-5-3-4-6-16/h7,10,14-17,28H,2-6,8-9,11-13H2,1H3,(H,25,29)/t17-/m0/s1. The van der Waals surface area contributed by atoms with Crippen molar-refractivity contribution in [1.29, 1.82) is 0 Å². The molecule has 4 rings (SSSR count). The maximum Gasteiger partial charge on any atom is 0.274 e. The number of nitrogens with one attached hydrogen (secondary N) is 1. The zero-order chi connectivity index (χ0) is 21.1. The zero-order valence-corrected chi connectivity index (χ0v) is 17.6. The summed E-state index contributed by atoms with van der Waals surface area (Å²) in [5, 5.41) is 12.2. The van der Waals surface area contributed by atoms with Gasteiger partial charge in [0.1, 0.15) is 6.33 Å². The molecule has 162 valence electrons. The first-order valence-corrected chi connectivity index (χ1v) is 11.1. The highest BCUT2D eigenvalue weighted by Crippen LogP contribution is 2.32. The van der Waals surface area contributed by atoms with E-state index in [2.05, 4.69) is 15.3 Å². The molecule has 2 fully saturated rings. The van der Waals surface area contributed by atoms with Gasteiger partial charge in [-0.05, 0) is 38.2 Å². The summed E-state index contributed by atoms with van der Waals surface area (Å²) < 4.78 is 1.90. The van der Waals surface area contributed by atoms with Crippen LogP contribution in [0.4, 0.5) is 0 Å². The Hall–Kier alpha value is -2.48. The molecule has 1 aliphatic heterocycles. The molecule has 1 saturated carbocycles. The first-order chi connectivity index (χ1) is 14.6. The number of fused-ring (bicyclic) bond motifs is 1. The number of carbonyl (C=O) groups is 2. The summed E-state index contributed by atoms with van der Waals surface area (Å²) in [6.45, 7) is 3.36. The van der Waals surface area contributed by atoms with Crippen LogP contribution in [-0.4, -0.2) is 61.9 Å². The van der Waals surface area contributed by atoms with Crippen LogP contribution in [-0.2, 0) is 4.79 Å². The van der Waals surface area contributed by atoms with Crippen molar-refractivity contribution >= 4 is 17.5 Å². The predicted octanol–water partition coefficient (Wildman–Crippen LogP) is 2.13. The van der Waals surface area contributed by atoms with Crippen LogP contribution in [0.15, 0.2) is 18.6 Å². The Morgan fingerprint density at radius 3 is 2.60 bits per heavy atom. The van der Waals surface area contributed by atoms with Gasteiger partial charge in [-0.25, -0.2) is 9.97 Å². The van der Waals surface area contributed by atoms with Gasteiger partial charge < -0.3 is 15.3 Å². The van der Waals surface area contributed by atoms with E-state index in [0.717, 1.165) is 44.5 Å². The molecule has 3 heterocycles. The van der Waals surface area contributed by atoms with Crippen molar-refractivity contribution in [3.8, 4) is 0 Å². The fourth-order valence-electron chi connectivity index (χ4n) is 4.77. The summed E-state index contributed by atoms with van der Waals surface area (Å²) in [6.07, 6.45) is 10.3. The molecule has 2 aromatic heterocycles.